The number of amides is 1. The topological polar surface area (TPSA) is 88.5 Å². The number of benzene rings is 1. The number of hydrogen-bond donors (Lipinski definition) is 2. The van der Waals surface area contributed by atoms with Gasteiger partial charge < -0.3 is 5.32 Å². The van der Waals surface area contributed by atoms with E-state index < -0.39 is 0 Å². The Morgan fingerprint density at radius 3 is 2.92 bits per heavy atom. The van der Waals surface area contributed by atoms with Crippen LogP contribution in [0.3, 0.4) is 0 Å². The molecule has 0 aliphatic heterocycles. The molecule has 0 spiro atoms. The predicted octanol–water partition coefficient (Wildman–Crippen LogP) is 3.13. The highest BCUT2D eigenvalue weighted by atomic mass is 32.2. The van der Waals surface area contributed by atoms with Crippen LogP contribution in [-0.4, -0.2) is 30.9 Å². The van der Waals surface area contributed by atoms with Crippen molar-refractivity contribution in [2.45, 2.75) is 30.8 Å². The summed E-state index contributed by atoms with van der Waals surface area (Å²) in [5.74, 6) is 0.483. The van der Waals surface area contributed by atoms with Crippen molar-refractivity contribution in [3.05, 3.63) is 54.1 Å². The van der Waals surface area contributed by atoms with Crippen LogP contribution in [0.15, 0.2) is 48.1 Å². The summed E-state index contributed by atoms with van der Waals surface area (Å²) in [4.78, 5) is 16.7. The Morgan fingerprint density at radius 2 is 2.21 bits per heavy atom. The van der Waals surface area contributed by atoms with Gasteiger partial charge in [0.1, 0.15) is 6.33 Å². The minimum Gasteiger partial charge on any atom is -0.319 e. The molecule has 0 aliphatic carbocycles. The van der Waals surface area contributed by atoms with Gasteiger partial charge in [-0.1, -0.05) is 30.0 Å². The van der Waals surface area contributed by atoms with Gasteiger partial charge in [0.05, 0.1) is 11.9 Å². The van der Waals surface area contributed by atoms with Gasteiger partial charge in [-0.05, 0) is 25.5 Å². The second kappa shape index (κ2) is 7.31. The third kappa shape index (κ3) is 3.83. The number of nitrogens with zero attached hydrogens (tertiary/aromatic N) is 4. The summed E-state index contributed by atoms with van der Waals surface area (Å²) >= 11 is 1.50. The molecule has 0 radical (unpaired) electrons. The monoisotopic (exact) mass is 342 g/mol. The molecule has 124 valence electrons. The van der Waals surface area contributed by atoms with Gasteiger partial charge in [-0.25, -0.2) is 4.98 Å². The van der Waals surface area contributed by atoms with Gasteiger partial charge in [-0.15, -0.1) is 0 Å². The number of anilines is 1. The molecule has 1 amide bonds. The van der Waals surface area contributed by atoms with E-state index in [4.69, 9.17) is 0 Å². The van der Waals surface area contributed by atoms with Crippen molar-refractivity contribution in [3.8, 4) is 0 Å². The van der Waals surface area contributed by atoms with E-state index in [1.54, 1.807) is 10.9 Å². The highest BCUT2D eigenvalue weighted by molar-refractivity contribution is 7.98. The molecular weight excluding hydrogens is 324 g/mol. The molecule has 2 heterocycles. The summed E-state index contributed by atoms with van der Waals surface area (Å²) in [7, 11) is 0. The van der Waals surface area contributed by atoms with E-state index in [9.17, 15) is 4.79 Å². The number of nitrogens with one attached hydrogen (secondary N) is 2. The van der Waals surface area contributed by atoms with Crippen LogP contribution in [-0.2, 0) is 5.75 Å². The average molecular weight is 342 g/mol. The van der Waals surface area contributed by atoms with Crippen LogP contribution >= 0.6 is 11.8 Å². The highest BCUT2D eigenvalue weighted by Crippen LogP contribution is 2.22. The maximum Gasteiger partial charge on any atom is 0.256 e. The molecule has 0 aliphatic rings. The lowest BCUT2D eigenvalue weighted by Gasteiger charge is -2.08. The number of aromatic nitrogens is 5. The Labute approximate surface area is 143 Å². The fourth-order valence-corrected chi connectivity index (χ4v) is 2.94. The number of H-pyrrole nitrogens is 1. The first-order chi connectivity index (χ1) is 11.6. The Bertz CT molecular complexity index is 812. The van der Waals surface area contributed by atoms with Crippen LogP contribution in [0, 0.1) is 0 Å². The van der Waals surface area contributed by atoms with Crippen LogP contribution in [0.1, 0.15) is 35.8 Å². The van der Waals surface area contributed by atoms with Crippen molar-refractivity contribution in [2.75, 3.05) is 5.32 Å². The first-order valence-corrected chi connectivity index (χ1v) is 8.53. The summed E-state index contributed by atoms with van der Waals surface area (Å²) in [6, 6.07) is 7.79. The highest BCUT2D eigenvalue weighted by Gasteiger charge is 2.13. The van der Waals surface area contributed by atoms with Crippen molar-refractivity contribution >= 4 is 23.4 Å². The number of hydrogen-bond acceptors (Lipinski definition) is 5. The Balaban J connectivity index is 1.71. The zero-order valence-corrected chi connectivity index (χ0v) is 14.2. The van der Waals surface area contributed by atoms with E-state index in [1.807, 2.05) is 44.3 Å². The fourth-order valence-electron chi connectivity index (χ4n) is 2.16. The molecule has 2 N–H and O–H groups in total. The lowest BCUT2D eigenvalue weighted by molar-refractivity contribution is 0.102. The molecule has 3 rings (SSSR count). The fraction of sp³-hybridized carbons (Fsp3) is 0.250. The molecule has 0 unspecified atom stereocenters. The van der Waals surface area contributed by atoms with E-state index >= 15 is 0 Å². The average Bonchev–Trinajstić information content (AvgIpc) is 3.25. The number of carbonyl (C=O) groups is 1. The molecule has 0 saturated heterocycles. The molecule has 7 nitrogen and oxygen atoms in total. The minimum absolute atomic E-state index is 0.146. The van der Waals surface area contributed by atoms with Crippen molar-refractivity contribution < 1.29 is 4.79 Å². The smallest absolute Gasteiger partial charge is 0.256 e. The Morgan fingerprint density at radius 1 is 1.38 bits per heavy atom. The standard InChI is InChI=1S/C16H18N6OS/c1-11(2)22-8-13(7-19-22)20-15(23)14-6-4-3-5-12(14)9-24-16-17-10-18-21-16/h3-8,10-11H,9H2,1-2H3,(H,20,23)(H,17,18,21). The summed E-state index contributed by atoms with van der Waals surface area (Å²) in [5, 5.41) is 14.5. The maximum absolute atomic E-state index is 12.6. The lowest BCUT2D eigenvalue weighted by Crippen LogP contribution is -2.13. The van der Waals surface area contributed by atoms with Crippen molar-refractivity contribution in [3.63, 3.8) is 0 Å². The summed E-state index contributed by atoms with van der Waals surface area (Å²) in [5.41, 5.74) is 2.26. The Kier molecular flexibility index (Phi) is 4.95. The maximum atomic E-state index is 12.6. The van der Waals surface area contributed by atoms with Gasteiger partial charge in [-0.2, -0.15) is 10.2 Å². The number of carbonyl (C=O) groups excluding carboxylic acids is 1. The molecular formula is C16H18N6OS. The van der Waals surface area contributed by atoms with Crippen molar-refractivity contribution in [2.24, 2.45) is 0 Å². The predicted molar refractivity (Wildman–Crippen MR) is 93.0 cm³/mol. The molecule has 0 bridgehead atoms. The van der Waals surface area contributed by atoms with E-state index in [1.165, 1.54) is 18.1 Å². The molecule has 2 aromatic heterocycles. The molecule has 0 atom stereocenters. The third-order valence-electron chi connectivity index (χ3n) is 3.41. The molecule has 0 saturated carbocycles. The van der Waals surface area contributed by atoms with Crippen LogP contribution < -0.4 is 5.32 Å². The number of rotatable bonds is 6. The second-order valence-electron chi connectivity index (χ2n) is 5.49. The quantitative estimate of drug-likeness (QED) is 0.672. The van der Waals surface area contributed by atoms with Gasteiger partial charge in [0.2, 0.25) is 0 Å². The lowest BCUT2D eigenvalue weighted by atomic mass is 10.1. The van der Waals surface area contributed by atoms with Crippen LogP contribution in [0.2, 0.25) is 0 Å². The van der Waals surface area contributed by atoms with Gasteiger partial charge in [0.15, 0.2) is 5.16 Å². The van der Waals surface area contributed by atoms with Gasteiger partial charge in [0.25, 0.3) is 5.91 Å². The van der Waals surface area contributed by atoms with E-state index in [2.05, 4.69) is 25.6 Å². The molecule has 0 fully saturated rings. The van der Waals surface area contributed by atoms with Crippen LogP contribution in [0.5, 0.6) is 0 Å². The zero-order chi connectivity index (χ0) is 16.9. The number of aromatic amines is 1. The molecule has 3 aromatic rings. The second-order valence-corrected chi connectivity index (χ2v) is 6.46. The third-order valence-corrected chi connectivity index (χ3v) is 4.33. The summed E-state index contributed by atoms with van der Waals surface area (Å²) in [6.07, 6.45) is 4.95. The van der Waals surface area contributed by atoms with Crippen molar-refractivity contribution in [1.29, 1.82) is 0 Å². The molecule has 1 aromatic carbocycles. The largest absolute Gasteiger partial charge is 0.319 e. The van der Waals surface area contributed by atoms with E-state index in [-0.39, 0.29) is 11.9 Å². The minimum atomic E-state index is -0.146. The molecule has 8 heteroatoms. The van der Waals surface area contributed by atoms with Crippen LogP contribution in [0.4, 0.5) is 5.69 Å². The zero-order valence-electron chi connectivity index (χ0n) is 13.4. The van der Waals surface area contributed by atoms with E-state index in [0.29, 0.717) is 17.0 Å². The van der Waals surface area contributed by atoms with E-state index in [0.717, 1.165) is 10.7 Å². The first kappa shape index (κ1) is 16.3. The first-order valence-electron chi connectivity index (χ1n) is 7.55. The SMILES string of the molecule is CC(C)n1cc(NC(=O)c2ccccc2CSc2ncn[nH]2)cn1. The van der Waals surface area contributed by atoms with Crippen molar-refractivity contribution in [1.82, 2.24) is 25.0 Å². The van der Waals surface area contributed by atoms with Gasteiger partial charge in [0, 0.05) is 23.6 Å². The normalized spacial score (nSPS) is 11.0. The number of thioether (sulfide) groups is 1. The Hall–Kier alpha value is -2.61. The van der Waals surface area contributed by atoms with Gasteiger partial charge in [-0.3, -0.25) is 14.6 Å². The summed E-state index contributed by atoms with van der Waals surface area (Å²) < 4.78 is 1.81. The van der Waals surface area contributed by atoms with Gasteiger partial charge >= 0.3 is 0 Å². The summed E-state index contributed by atoms with van der Waals surface area (Å²) in [6.45, 7) is 4.07. The molecule has 24 heavy (non-hydrogen) atoms. The van der Waals surface area contributed by atoms with Crippen LogP contribution in [0.25, 0.3) is 0 Å².